The number of benzene rings is 1. The minimum atomic E-state index is -0.687. The number of methoxy groups -OCH3 is 1. The van der Waals surface area contributed by atoms with Gasteiger partial charge in [-0.3, -0.25) is 0 Å². The number of hydrogen-bond donors (Lipinski definition) is 0. The van der Waals surface area contributed by atoms with Crippen molar-refractivity contribution in [3.05, 3.63) is 50.2 Å². The maximum absolute atomic E-state index is 11.6. The third-order valence-corrected chi connectivity index (χ3v) is 3.11. The van der Waals surface area contributed by atoms with Crippen molar-refractivity contribution in [3.8, 4) is 0 Å². The Labute approximate surface area is 121 Å². The van der Waals surface area contributed by atoms with Crippen LogP contribution in [0.25, 0.3) is 0 Å². The van der Waals surface area contributed by atoms with Gasteiger partial charge in [-0.1, -0.05) is 18.2 Å². The summed E-state index contributed by atoms with van der Waals surface area (Å²) in [6.45, 7) is 0.159. The van der Waals surface area contributed by atoms with Crippen LogP contribution >= 0.6 is 15.9 Å². The van der Waals surface area contributed by atoms with E-state index in [4.69, 9.17) is 0 Å². The Kier molecular flexibility index (Phi) is 4.08. The lowest BCUT2D eigenvalue weighted by atomic mass is 10.1. The molecule has 0 radical (unpaired) electrons. The van der Waals surface area contributed by atoms with Gasteiger partial charge in [0.2, 0.25) is 0 Å². The fourth-order valence-corrected chi connectivity index (χ4v) is 1.98. The Morgan fingerprint density at radius 1 is 1.50 bits per heavy atom. The first-order valence-corrected chi connectivity index (χ1v) is 6.23. The molecule has 0 saturated carbocycles. The molecule has 0 unspecified atom stereocenters. The van der Waals surface area contributed by atoms with Gasteiger partial charge in [-0.25, -0.2) is 4.79 Å². The molecule has 0 spiro atoms. The van der Waals surface area contributed by atoms with Crippen LogP contribution in [0.3, 0.4) is 0 Å². The summed E-state index contributed by atoms with van der Waals surface area (Å²) in [7, 11) is 1.29. The molecule has 9 heteroatoms. The molecule has 0 amide bonds. The van der Waals surface area contributed by atoms with Gasteiger partial charge in [0.25, 0.3) is 4.73 Å². The summed E-state index contributed by atoms with van der Waals surface area (Å²) < 4.78 is 6.19. The summed E-state index contributed by atoms with van der Waals surface area (Å²) in [6.07, 6.45) is 0. The number of esters is 1. The summed E-state index contributed by atoms with van der Waals surface area (Å²) in [5, 5.41) is 14.4. The first-order valence-electron chi connectivity index (χ1n) is 5.44. The minimum Gasteiger partial charge on any atom is -0.465 e. The Balaban J connectivity index is 2.35. The average molecular weight is 341 g/mol. The van der Waals surface area contributed by atoms with E-state index in [0.29, 0.717) is 11.1 Å². The first-order chi connectivity index (χ1) is 9.52. The third kappa shape index (κ3) is 2.82. The molecule has 0 atom stereocenters. The fourth-order valence-electron chi connectivity index (χ4n) is 1.62. The molecule has 0 aliphatic carbocycles. The zero-order chi connectivity index (χ0) is 14.7. The van der Waals surface area contributed by atoms with E-state index in [0.717, 1.165) is 0 Å². The van der Waals surface area contributed by atoms with Crippen LogP contribution in [0.1, 0.15) is 15.9 Å². The van der Waals surface area contributed by atoms with Gasteiger partial charge in [0.1, 0.15) is 0 Å². The maximum atomic E-state index is 11.6. The summed E-state index contributed by atoms with van der Waals surface area (Å²) in [5.74, 6) is -0.987. The Morgan fingerprint density at radius 3 is 2.80 bits per heavy atom. The number of aromatic nitrogens is 3. The van der Waals surface area contributed by atoms with Crippen molar-refractivity contribution >= 4 is 27.8 Å². The topological polar surface area (TPSA) is 100 Å². The van der Waals surface area contributed by atoms with Crippen molar-refractivity contribution in [1.29, 1.82) is 0 Å². The first kappa shape index (κ1) is 14.1. The van der Waals surface area contributed by atoms with E-state index < -0.39 is 16.8 Å². The van der Waals surface area contributed by atoms with Gasteiger partial charge in [-0.15, -0.1) is 0 Å². The second-order valence-electron chi connectivity index (χ2n) is 3.74. The number of nitrogens with zero attached hydrogens (tertiary/aromatic N) is 4. The van der Waals surface area contributed by atoms with Crippen LogP contribution in [0.5, 0.6) is 0 Å². The molecule has 0 aliphatic rings. The quantitative estimate of drug-likeness (QED) is 0.477. The lowest BCUT2D eigenvalue weighted by Crippen LogP contribution is -2.10. The molecule has 0 aliphatic heterocycles. The molecule has 2 aromatic rings. The van der Waals surface area contributed by atoms with Crippen LogP contribution in [0.2, 0.25) is 0 Å². The van der Waals surface area contributed by atoms with E-state index in [-0.39, 0.29) is 11.3 Å². The summed E-state index contributed by atoms with van der Waals surface area (Å²) in [4.78, 5) is 25.2. The molecule has 0 fully saturated rings. The summed E-state index contributed by atoms with van der Waals surface area (Å²) in [5.41, 5.74) is 1.000. The lowest BCUT2D eigenvalue weighted by molar-refractivity contribution is -0.394. The van der Waals surface area contributed by atoms with E-state index in [1.807, 2.05) is 0 Å². The van der Waals surface area contributed by atoms with Crippen molar-refractivity contribution in [2.24, 2.45) is 0 Å². The van der Waals surface area contributed by atoms with Crippen molar-refractivity contribution < 1.29 is 14.5 Å². The van der Waals surface area contributed by atoms with Crippen LogP contribution in [0, 0.1) is 10.1 Å². The monoisotopic (exact) mass is 340 g/mol. The standard InChI is InChI=1S/C11H9BrN4O4/c1-20-9(17)8-5-3-2-4-7(8)6-15-10(12)13-11(14-15)16(18)19/h2-5H,6H2,1H3. The minimum absolute atomic E-state index is 0.159. The molecule has 104 valence electrons. The molecular weight excluding hydrogens is 332 g/mol. The van der Waals surface area contributed by atoms with Crippen LogP contribution in [-0.4, -0.2) is 32.8 Å². The zero-order valence-electron chi connectivity index (χ0n) is 10.3. The van der Waals surface area contributed by atoms with Gasteiger partial charge < -0.3 is 14.9 Å². The van der Waals surface area contributed by atoms with Crippen LogP contribution in [0.15, 0.2) is 29.0 Å². The van der Waals surface area contributed by atoms with Crippen molar-refractivity contribution in [3.63, 3.8) is 0 Å². The molecule has 20 heavy (non-hydrogen) atoms. The van der Waals surface area contributed by atoms with Gasteiger partial charge in [0.15, 0.2) is 0 Å². The highest BCUT2D eigenvalue weighted by Gasteiger charge is 2.21. The Morgan fingerprint density at radius 2 is 2.20 bits per heavy atom. The predicted molar refractivity (Wildman–Crippen MR) is 71.3 cm³/mol. The number of ether oxygens (including phenoxy) is 1. The van der Waals surface area contributed by atoms with E-state index >= 15 is 0 Å². The third-order valence-electron chi connectivity index (χ3n) is 2.52. The molecule has 1 heterocycles. The number of halogens is 1. The van der Waals surface area contributed by atoms with E-state index in [2.05, 4.69) is 30.7 Å². The normalized spacial score (nSPS) is 10.3. The fraction of sp³-hybridized carbons (Fsp3) is 0.182. The van der Waals surface area contributed by atoms with Crippen molar-refractivity contribution in [2.75, 3.05) is 7.11 Å². The molecule has 8 nitrogen and oxygen atoms in total. The average Bonchev–Trinajstić information content (AvgIpc) is 2.80. The summed E-state index contributed by atoms with van der Waals surface area (Å²) in [6, 6.07) is 6.78. The number of hydrogen-bond acceptors (Lipinski definition) is 6. The highest BCUT2D eigenvalue weighted by molar-refractivity contribution is 9.10. The van der Waals surface area contributed by atoms with E-state index in [1.165, 1.54) is 11.8 Å². The number of carbonyl (C=O) groups is 1. The van der Waals surface area contributed by atoms with Gasteiger partial charge in [0, 0.05) is 21.0 Å². The SMILES string of the molecule is COC(=O)c1ccccc1Cn1nc([N+](=O)[O-])nc1Br. The largest absolute Gasteiger partial charge is 0.492 e. The predicted octanol–water partition coefficient (Wildman–Crippen LogP) is 1.78. The molecule has 0 bridgehead atoms. The van der Waals surface area contributed by atoms with Gasteiger partial charge >= 0.3 is 11.9 Å². The molecule has 1 aromatic carbocycles. The molecule has 0 N–H and O–H groups in total. The molecule has 1 aromatic heterocycles. The lowest BCUT2D eigenvalue weighted by Gasteiger charge is -2.06. The molecular formula is C11H9BrN4O4. The van der Waals surface area contributed by atoms with Crippen molar-refractivity contribution in [2.45, 2.75) is 6.54 Å². The summed E-state index contributed by atoms with van der Waals surface area (Å²) >= 11 is 3.09. The number of carbonyl (C=O) groups excluding carboxylic acids is 1. The van der Waals surface area contributed by atoms with Crippen molar-refractivity contribution in [1.82, 2.24) is 14.8 Å². The second-order valence-corrected chi connectivity index (χ2v) is 4.45. The second kappa shape index (κ2) is 5.78. The highest BCUT2D eigenvalue weighted by Crippen LogP contribution is 2.17. The smallest absolute Gasteiger partial charge is 0.465 e. The van der Waals surface area contributed by atoms with Gasteiger partial charge in [-0.05, 0) is 21.5 Å². The number of nitro groups is 1. The molecule has 0 saturated heterocycles. The Hall–Kier alpha value is -2.29. The van der Waals surface area contributed by atoms with Crippen LogP contribution < -0.4 is 0 Å². The van der Waals surface area contributed by atoms with E-state index in [9.17, 15) is 14.9 Å². The maximum Gasteiger partial charge on any atom is 0.492 e. The van der Waals surface area contributed by atoms with Gasteiger partial charge in [-0.2, -0.15) is 4.68 Å². The highest BCUT2D eigenvalue weighted by atomic mass is 79.9. The van der Waals surface area contributed by atoms with Gasteiger partial charge in [0.05, 0.1) is 19.2 Å². The molecule has 2 rings (SSSR count). The zero-order valence-corrected chi connectivity index (χ0v) is 11.9. The van der Waals surface area contributed by atoms with Crippen LogP contribution in [-0.2, 0) is 11.3 Å². The van der Waals surface area contributed by atoms with Crippen LogP contribution in [0.4, 0.5) is 5.95 Å². The number of rotatable bonds is 4. The van der Waals surface area contributed by atoms with E-state index in [1.54, 1.807) is 24.3 Å². The Bertz CT molecular complexity index is 670.